The summed E-state index contributed by atoms with van der Waals surface area (Å²) < 4.78 is 27.1. The summed E-state index contributed by atoms with van der Waals surface area (Å²) in [5.41, 5.74) is 1.88. The number of rotatable bonds is 5. The average molecular weight is 443 g/mol. The largest absolute Gasteiger partial charge is 0.325 e. The lowest BCUT2D eigenvalue weighted by Crippen LogP contribution is -3.15. The van der Waals surface area contributed by atoms with Crippen LogP contribution in [0, 0.1) is 6.92 Å². The van der Waals surface area contributed by atoms with E-state index in [1.54, 1.807) is 6.07 Å². The zero-order valence-corrected chi connectivity index (χ0v) is 17.7. The van der Waals surface area contributed by atoms with Gasteiger partial charge in [-0.15, -0.1) is 0 Å². The number of piperazine rings is 1. The number of carbonyl (C=O) groups is 1. The van der Waals surface area contributed by atoms with E-state index < -0.39 is 10.0 Å². The molecule has 0 spiro atoms. The molecule has 0 aliphatic carbocycles. The van der Waals surface area contributed by atoms with E-state index in [0.29, 0.717) is 37.7 Å². The monoisotopic (exact) mass is 442 g/mol. The normalized spacial score (nSPS) is 16.1. The molecule has 3 rings (SSSR count). The van der Waals surface area contributed by atoms with Gasteiger partial charge < -0.3 is 10.2 Å². The van der Waals surface area contributed by atoms with E-state index in [-0.39, 0.29) is 15.8 Å². The number of sulfonamides is 1. The Hall–Kier alpha value is -1.64. The standard InChI is InChI=1S/C19H21Cl2N3O3S/c1-14-2-5-16(6-3-14)22-19(25)13-23-8-10-24(11-9-23)28(26,27)18-12-15(20)4-7-17(18)21/h2-7,12H,8-11,13H2,1H3,(H,22,25)/p+1. The van der Waals surface area contributed by atoms with Crippen molar-refractivity contribution in [3.63, 3.8) is 0 Å². The zero-order chi connectivity index (χ0) is 20.3. The van der Waals surface area contributed by atoms with Gasteiger partial charge in [0.2, 0.25) is 10.0 Å². The number of amides is 1. The summed E-state index contributed by atoms with van der Waals surface area (Å²) in [6, 6.07) is 12.0. The van der Waals surface area contributed by atoms with Crippen LogP contribution in [0.2, 0.25) is 10.0 Å². The number of anilines is 1. The van der Waals surface area contributed by atoms with Gasteiger partial charge in [0.05, 0.1) is 31.2 Å². The Labute approximate surface area is 175 Å². The van der Waals surface area contributed by atoms with Crippen LogP contribution in [0.15, 0.2) is 47.4 Å². The minimum Gasteiger partial charge on any atom is -0.325 e. The van der Waals surface area contributed by atoms with Crippen molar-refractivity contribution in [2.75, 3.05) is 38.0 Å². The van der Waals surface area contributed by atoms with Crippen LogP contribution < -0.4 is 10.2 Å². The first-order chi connectivity index (χ1) is 13.3. The Morgan fingerprint density at radius 2 is 1.75 bits per heavy atom. The Balaban J connectivity index is 1.57. The molecule has 2 aromatic carbocycles. The first-order valence-electron chi connectivity index (χ1n) is 8.91. The molecule has 0 saturated carbocycles. The van der Waals surface area contributed by atoms with Crippen molar-refractivity contribution in [2.24, 2.45) is 0 Å². The Bertz CT molecular complexity index is 957. The molecular formula is C19H22Cl2N3O3S+. The van der Waals surface area contributed by atoms with Gasteiger partial charge in [0.25, 0.3) is 5.91 Å². The predicted molar refractivity (Wildman–Crippen MR) is 111 cm³/mol. The van der Waals surface area contributed by atoms with Crippen LogP contribution in [-0.4, -0.2) is 51.4 Å². The lowest BCUT2D eigenvalue weighted by atomic mass is 10.2. The van der Waals surface area contributed by atoms with E-state index in [2.05, 4.69) is 5.32 Å². The van der Waals surface area contributed by atoms with E-state index in [4.69, 9.17) is 23.2 Å². The molecule has 0 aromatic heterocycles. The molecule has 0 unspecified atom stereocenters. The van der Waals surface area contributed by atoms with Crippen molar-refractivity contribution in [2.45, 2.75) is 11.8 Å². The number of carbonyl (C=O) groups excluding carboxylic acids is 1. The summed E-state index contributed by atoms with van der Waals surface area (Å²) in [6.07, 6.45) is 0. The summed E-state index contributed by atoms with van der Waals surface area (Å²) in [5, 5.41) is 3.34. The number of benzene rings is 2. The van der Waals surface area contributed by atoms with Gasteiger partial charge in [0, 0.05) is 10.7 Å². The number of halogens is 2. The van der Waals surface area contributed by atoms with Crippen molar-refractivity contribution >= 4 is 44.8 Å². The molecule has 0 bridgehead atoms. The molecule has 150 valence electrons. The molecule has 2 N–H and O–H groups in total. The molecule has 2 aromatic rings. The van der Waals surface area contributed by atoms with Gasteiger partial charge in [0.1, 0.15) is 4.90 Å². The van der Waals surface area contributed by atoms with Crippen molar-refractivity contribution in [3.05, 3.63) is 58.1 Å². The number of nitrogens with one attached hydrogen (secondary N) is 2. The average Bonchev–Trinajstić information content (AvgIpc) is 2.66. The van der Waals surface area contributed by atoms with Gasteiger partial charge in [-0.05, 0) is 37.3 Å². The molecule has 0 radical (unpaired) electrons. The second-order valence-electron chi connectivity index (χ2n) is 6.82. The van der Waals surface area contributed by atoms with Gasteiger partial charge in [-0.1, -0.05) is 40.9 Å². The van der Waals surface area contributed by atoms with Gasteiger partial charge >= 0.3 is 0 Å². The summed E-state index contributed by atoms with van der Waals surface area (Å²) in [5.74, 6) is -0.0898. The van der Waals surface area contributed by atoms with Crippen LogP contribution in [0.3, 0.4) is 0 Å². The zero-order valence-electron chi connectivity index (χ0n) is 15.4. The fourth-order valence-electron chi connectivity index (χ4n) is 3.10. The summed E-state index contributed by atoms with van der Waals surface area (Å²) in [7, 11) is -3.72. The minimum atomic E-state index is -3.72. The number of nitrogens with zero attached hydrogens (tertiary/aromatic N) is 1. The van der Waals surface area contributed by atoms with Crippen LogP contribution in [-0.2, 0) is 14.8 Å². The molecule has 6 nitrogen and oxygen atoms in total. The number of hydrogen-bond acceptors (Lipinski definition) is 3. The molecular weight excluding hydrogens is 421 g/mol. The van der Waals surface area contributed by atoms with E-state index in [1.165, 1.54) is 16.4 Å². The van der Waals surface area contributed by atoms with Gasteiger partial charge in [-0.25, -0.2) is 8.42 Å². The van der Waals surface area contributed by atoms with E-state index in [1.807, 2.05) is 31.2 Å². The van der Waals surface area contributed by atoms with E-state index in [0.717, 1.165) is 16.2 Å². The lowest BCUT2D eigenvalue weighted by Gasteiger charge is -2.31. The highest BCUT2D eigenvalue weighted by molar-refractivity contribution is 7.89. The van der Waals surface area contributed by atoms with Crippen LogP contribution in [0.25, 0.3) is 0 Å². The van der Waals surface area contributed by atoms with Gasteiger partial charge in [0.15, 0.2) is 6.54 Å². The summed E-state index contributed by atoms with van der Waals surface area (Å²) in [4.78, 5) is 13.3. The van der Waals surface area contributed by atoms with Crippen molar-refractivity contribution in [1.82, 2.24) is 4.31 Å². The molecule has 28 heavy (non-hydrogen) atoms. The predicted octanol–water partition coefficient (Wildman–Crippen LogP) is 1.83. The molecule has 1 heterocycles. The molecule has 9 heteroatoms. The second kappa shape index (κ2) is 8.80. The highest BCUT2D eigenvalue weighted by Gasteiger charge is 2.32. The lowest BCUT2D eigenvalue weighted by molar-refractivity contribution is -0.895. The third-order valence-corrected chi connectivity index (χ3v) is 7.30. The second-order valence-corrected chi connectivity index (χ2v) is 9.57. The maximum atomic E-state index is 12.9. The number of hydrogen-bond donors (Lipinski definition) is 2. The molecule has 0 atom stereocenters. The third kappa shape index (κ3) is 5.04. The Morgan fingerprint density at radius 1 is 1.11 bits per heavy atom. The number of aryl methyl sites for hydroxylation is 1. The molecule has 1 aliphatic rings. The minimum absolute atomic E-state index is 0.0160. The van der Waals surface area contributed by atoms with Crippen LogP contribution >= 0.6 is 23.2 Å². The van der Waals surface area contributed by atoms with Crippen molar-refractivity contribution in [1.29, 1.82) is 0 Å². The highest BCUT2D eigenvalue weighted by Crippen LogP contribution is 2.27. The third-order valence-electron chi connectivity index (χ3n) is 4.69. The fraction of sp³-hybridized carbons (Fsp3) is 0.316. The SMILES string of the molecule is Cc1ccc(NC(=O)C[NH+]2CCN(S(=O)(=O)c3cc(Cl)ccc3Cl)CC2)cc1. The van der Waals surface area contributed by atoms with Crippen molar-refractivity contribution < 1.29 is 18.1 Å². The molecule has 1 aliphatic heterocycles. The van der Waals surface area contributed by atoms with Crippen molar-refractivity contribution in [3.8, 4) is 0 Å². The summed E-state index contributed by atoms with van der Waals surface area (Å²) in [6.45, 7) is 3.99. The van der Waals surface area contributed by atoms with Crippen LogP contribution in [0.5, 0.6) is 0 Å². The Morgan fingerprint density at radius 3 is 2.39 bits per heavy atom. The van der Waals surface area contributed by atoms with Gasteiger partial charge in [-0.2, -0.15) is 4.31 Å². The first kappa shape index (κ1) is 21.1. The highest BCUT2D eigenvalue weighted by atomic mass is 35.5. The van der Waals surface area contributed by atoms with E-state index >= 15 is 0 Å². The quantitative estimate of drug-likeness (QED) is 0.741. The topological polar surface area (TPSA) is 70.9 Å². The van der Waals surface area contributed by atoms with Crippen LogP contribution in [0.1, 0.15) is 5.56 Å². The molecule has 1 fully saturated rings. The number of quaternary nitrogens is 1. The maximum Gasteiger partial charge on any atom is 0.279 e. The van der Waals surface area contributed by atoms with E-state index in [9.17, 15) is 13.2 Å². The van der Waals surface area contributed by atoms with Gasteiger partial charge in [-0.3, -0.25) is 4.79 Å². The summed E-state index contributed by atoms with van der Waals surface area (Å²) >= 11 is 12.0. The van der Waals surface area contributed by atoms with Crippen LogP contribution in [0.4, 0.5) is 5.69 Å². The first-order valence-corrected chi connectivity index (χ1v) is 11.1. The molecule has 1 saturated heterocycles. The Kier molecular flexibility index (Phi) is 6.62. The smallest absolute Gasteiger partial charge is 0.279 e. The maximum absolute atomic E-state index is 12.9. The fourth-order valence-corrected chi connectivity index (χ4v) is 5.28. The molecule has 1 amide bonds.